The zero-order valence-corrected chi connectivity index (χ0v) is 20.8. The predicted molar refractivity (Wildman–Crippen MR) is 136 cm³/mol. The molecule has 0 saturated carbocycles. The number of likely N-dealkylation sites (tertiary alicyclic amines) is 1. The Morgan fingerprint density at radius 1 is 1.08 bits per heavy atom. The normalized spacial score (nSPS) is 19.8. The molecule has 0 aliphatic carbocycles. The number of carbonyl (C=O) groups excluding carboxylic acids is 2. The Morgan fingerprint density at radius 2 is 1.76 bits per heavy atom. The molecule has 2 aromatic rings. The Morgan fingerprint density at radius 3 is 2.38 bits per heavy atom. The molecule has 0 unspecified atom stereocenters. The van der Waals surface area contributed by atoms with Crippen molar-refractivity contribution in [2.24, 2.45) is 0 Å². The van der Waals surface area contributed by atoms with Crippen LogP contribution in [-0.4, -0.2) is 77.5 Å². The molecule has 0 radical (unpaired) electrons. The number of nitro groups is 1. The van der Waals surface area contributed by atoms with Crippen molar-refractivity contribution in [1.82, 2.24) is 9.80 Å². The summed E-state index contributed by atoms with van der Waals surface area (Å²) in [5.41, 5.74) is 0.755. The van der Waals surface area contributed by atoms with Crippen LogP contribution in [0, 0.1) is 10.1 Å². The van der Waals surface area contributed by atoms with Crippen molar-refractivity contribution in [2.45, 2.75) is 25.8 Å². The van der Waals surface area contributed by atoms with Gasteiger partial charge in [-0.1, -0.05) is 6.92 Å². The highest BCUT2D eigenvalue weighted by atomic mass is 16.6. The first-order valence-corrected chi connectivity index (χ1v) is 12.5. The number of Topliss-reactive ketones (excluding diaryl/α,β-unsaturated/α-hetero) is 1. The van der Waals surface area contributed by atoms with Gasteiger partial charge in [-0.3, -0.25) is 24.6 Å². The van der Waals surface area contributed by atoms with E-state index in [0.717, 1.165) is 26.1 Å². The molecule has 2 aliphatic rings. The highest BCUT2D eigenvalue weighted by molar-refractivity contribution is 6.46. The number of rotatable bonds is 10. The van der Waals surface area contributed by atoms with Crippen LogP contribution in [0.3, 0.4) is 0 Å². The number of nitrogens with zero attached hydrogens (tertiary/aromatic N) is 3. The van der Waals surface area contributed by atoms with E-state index in [2.05, 4.69) is 4.90 Å². The number of hydrogen-bond donors (Lipinski definition) is 1. The summed E-state index contributed by atoms with van der Waals surface area (Å²) in [5.74, 6) is -1.14. The van der Waals surface area contributed by atoms with Crippen molar-refractivity contribution in [3.05, 3.63) is 75.3 Å². The smallest absolute Gasteiger partial charge is 0.295 e. The number of hydrogen-bond acceptors (Lipinski definition) is 8. The van der Waals surface area contributed by atoms with Crippen molar-refractivity contribution in [2.75, 3.05) is 46.0 Å². The van der Waals surface area contributed by atoms with E-state index in [4.69, 9.17) is 9.47 Å². The van der Waals surface area contributed by atoms with Crippen molar-refractivity contribution in [3.63, 3.8) is 0 Å². The number of aliphatic hydroxyl groups excluding tert-OH is 1. The van der Waals surface area contributed by atoms with Crippen molar-refractivity contribution in [3.8, 4) is 5.75 Å². The van der Waals surface area contributed by atoms with Gasteiger partial charge in [0.2, 0.25) is 0 Å². The Bertz CT molecular complexity index is 1160. The fourth-order valence-electron chi connectivity index (χ4n) is 4.61. The number of ether oxygens (including phenoxy) is 2. The molecule has 1 N–H and O–H groups in total. The molecule has 2 saturated heterocycles. The molecular formula is C27H31N3O7. The summed E-state index contributed by atoms with van der Waals surface area (Å²) in [7, 11) is 0. The summed E-state index contributed by atoms with van der Waals surface area (Å²) >= 11 is 0. The van der Waals surface area contributed by atoms with Crippen LogP contribution < -0.4 is 4.74 Å². The van der Waals surface area contributed by atoms with E-state index in [1.165, 1.54) is 29.2 Å². The molecule has 10 nitrogen and oxygen atoms in total. The highest BCUT2D eigenvalue weighted by Crippen LogP contribution is 2.40. The molecule has 1 atom stereocenters. The van der Waals surface area contributed by atoms with Crippen molar-refractivity contribution >= 4 is 23.1 Å². The van der Waals surface area contributed by atoms with Gasteiger partial charge in [-0.2, -0.15) is 0 Å². The first-order valence-electron chi connectivity index (χ1n) is 12.5. The Hall–Kier alpha value is -3.76. The highest BCUT2D eigenvalue weighted by Gasteiger charge is 2.45. The summed E-state index contributed by atoms with van der Waals surface area (Å²) in [4.78, 5) is 40.7. The number of non-ortho nitro benzene ring substituents is 1. The quantitative estimate of drug-likeness (QED) is 0.170. The minimum atomic E-state index is -0.860. The fourth-order valence-corrected chi connectivity index (χ4v) is 4.61. The molecule has 0 spiro atoms. The second kappa shape index (κ2) is 12.0. The van der Waals surface area contributed by atoms with E-state index in [1.807, 2.05) is 6.92 Å². The predicted octanol–water partition coefficient (Wildman–Crippen LogP) is 3.53. The maximum atomic E-state index is 13.2. The second-order valence-corrected chi connectivity index (χ2v) is 9.02. The van der Waals surface area contributed by atoms with E-state index in [9.17, 15) is 24.8 Å². The average molecular weight is 510 g/mol. The van der Waals surface area contributed by atoms with Gasteiger partial charge >= 0.3 is 0 Å². The Balaban J connectivity index is 1.65. The number of ketones is 1. The van der Waals surface area contributed by atoms with Gasteiger partial charge in [-0.05, 0) is 54.8 Å². The van der Waals surface area contributed by atoms with E-state index in [-0.39, 0.29) is 17.0 Å². The summed E-state index contributed by atoms with van der Waals surface area (Å²) in [6.07, 6.45) is 1.48. The van der Waals surface area contributed by atoms with Crippen LogP contribution in [0.1, 0.15) is 36.9 Å². The minimum Gasteiger partial charge on any atom is -0.507 e. The van der Waals surface area contributed by atoms with Crippen LogP contribution in [0.2, 0.25) is 0 Å². The van der Waals surface area contributed by atoms with Gasteiger partial charge in [0.15, 0.2) is 0 Å². The monoisotopic (exact) mass is 509 g/mol. The molecule has 2 fully saturated rings. The van der Waals surface area contributed by atoms with Gasteiger partial charge in [0, 0.05) is 43.9 Å². The zero-order chi connectivity index (χ0) is 26.4. The van der Waals surface area contributed by atoms with Gasteiger partial charge in [0.05, 0.1) is 36.4 Å². The topological polar surface area (TPSA) is 122 Å². The molecule has 196 valence electrons. The number of carbonyl (C=O) groups is 2. The zero-order valence-electron chi connectivity index (χ0n) is 20.8. The standard InChI is InChI=1S/C27H31N3O7/c1-2-16-37-22-10-6-20(7-11-22)25(31)23-24(19-4-8-21(9-5-19)30(34)35)29(27(33)26(23)32)13-3-12-28-14-17-36-18-15-28/h4-11,24,31H,2-3,12-18H2,1H3/t24-/m0/s1. The second-order valence-electron chi connectivity index (χ2n) is 9.02. The van der Waals surface area contributed by atoms with Crippen molar-refractivity contribution in [1.29, 1.82) is 0 Å². The molecule has 2 aromatic carbocycles. The summed E-state index contributed by atoms with van der Waals surface area (Å²) in [6, 6.07) is 11.5. The maximum absolute atomic E-state index is 13.2. The molecule has 2 aliphatic heterocycles. The molecule has 0 bridgehead atoms. The molecule has 0 aromatic heterocycles. The number of aliphatic hydroxyl groups is 1. The average Bonchev–Trinajstić information content (AvgIpc) is 3.17. The van der Waals surface area contributed by atoms with E-state index < -0.39 is 22.7 Å². The number of nitro benzene ring substituents is 1. The molecule has 2 heterocycles. The molecule has 1 amide bonds. The first-order chi connectivity index (χ1) is 17.9. The lowest BCUT2D eigenvalue weighted by molar-refractivity contribution is -0.384. The molecule has 4 rings (SSSR count). The summed E-state index contributed by atoms with van der Waals surface area (Å²) in [5, 5.41) is 22.4. The maximum Gasteiger partial charge on any atom is 0.295 e. The van der Waals surface area contributed by atoms with Gasteiger partial charge in [-0.15, -0.1) is 0 Å². The lowest BCUT2D eigenvalue weighted by Gasteiger charge is -2.29. The van der Waals surface area contributed by atoms with Crippen LogP contribution in [0.5, 0.6) is 5.75 Å². The lowest BCUT2D eigenvalue weighted by Crippen LogP contribution is -2.38. The third-order valence-corrected chi connectivity index (χ3v) is 6.54. The fraction of sp³-hybridized carbons (Fsp3) is 0.407. The SMILES string of the molecule is CCCOc1ccc(C(O)=C2C(=O)C(=O)N(CCCN3CCOCC3)[C@H]2c2ccc([N+](=O)[O-])cc2)cc1. The Labute approximate surface area is 215 Å². The van der Waals surface area contributed by atoms with Crippen LogP contribution in [0.4, 0.5) is 5.69 Å². The number of morpholine rings is 1. The van der Waals surface area contributed by atoms with Crippen molar-refractivity contribution < 1.29 is 29.1 Å². The lowest BCUT2D eigenvalue weighted by atomic mass is 9.95. The van der Waals surface area contributed by atoms with E-state index in [0.29, 0.717) is 49.7 Å². The van der Waals surface area contributed by atoms with Crippen LogP contribution in [0.25, 0.3) is 5.76 Å². The van der Waals surface area contributed by atoms with Crippen LogP contribution in [0.15, 0.2) is 54.1 Å². The van der Waals surface area contributed by atoms with Gasteiger partial charge in [-0.25, -0.2) is 0 Å². The number of benzene rings is 2. The number of amides is 1. The third kappa shape index (κ3) is 5.98. The van der Waals surface area contributed by atoms with E-state index >= 15 is 0 Å². The largest absolute Gasteiger partial charge is 0.507 e. The Kier molecular flexibility index (Phi) is 8.52. The van der Waals surface area contributed by atoms with E-state index in [1.54, 1.807) is 24.3 Å². The van der Waals surface area contributed by atoms with Gasteiger partial charge < -0.3 is 19.5 Å². The third-order valence-electron chi connectivity index (χ3n) is 6.54. The molecule has 37 heavy (non-hydrogen) atoms. The van der Waals surface area contributed by atoms with Crippen LogP contribution in [-0.2, 0) is 14.3 Å². The summed E-state index contributed by atoms with van der Waals surface area (Å²) < 4.78 is 11.0. The first kappa shape index (κ1) is 26.3. The van der Waals surface area contributed by atoms with Crippen LogP contribution >= 0.6 is 0 Å². The molecular weight excluding hydrogens is 478 g/mol. The summed E-state index contributed by atoms with van der Waals surface area (Å²) in [6.45, 7) is 6.53. The molecule has 10 heteroatoms. The van der Waals surface area contributed by atoms with Gasteiger partial charge in [0.1, 0.15) is 11.5 Å². The van der Waals surface area contributed by atoms with Gasteiger partial charge in [0.25, 0.3) is 17.4 Å². The minimum absolute atomic E-state index is 0.0348.